The van der Waals surface area contributed by atoms with E-state index in [0.29, 0.717) is 12.8 Å². The molecule has 8 aliphatic rings. The molecule has 8 aliphatic heterocycles. The molecule has 0 aromatic heterocycles. The van der Waals surface area contributed by atoms with Crippen molar-refractivity contribution in [2.24, 2.45) is 0 Å². The Kier molecular flexibility index (Phi) is 53.6. The van der Waals surface area contributed by atoms with E-state index in [1.165, 1.54) is 102 Å². The van der Waals surface area contributed by atoms with Crippen LogP contribution < -0.4 is 26.6 Å². The fourth-order valence-corrected chi connectivity index (χ4v) is 18.8. The second kappa shape index (κ2) is 62.1. The van der Waals surface area contributed by atoms with Crippen LogP contribution in [0.2, 0.25) is 0 Å². The van der Waals surface area contributed by atoms with Crippen molar-refractivity contribution in [2.45, 2.75) is 479 Å². The molecule has 5 amide bonds. The van der Waals surface area contributed by atoms with Crippen molar-refractivity contribution < 1.29 is 212 Å². The molecule has 0 spiro atoms. The zero-order valence-corrected chi connectivity index (χ0v) is 81.0. The van der Waals surface area contributed by atoms with Gasteiger partial charge in [0.25, 0.3) is 0 Å². The summed E-state index contributed by atoms with van der Waals surface area (Å²) in [6, 6.07) is -8.19. The molecule has 27 N–H and O–H groups in total. The van der Waals surface area contributed by atoms with Gasteiger partial charge in [-0.2, -0.15) is 0 Å². The first kappa shape index (κ1) is 121. The molecular formula is C92H163N5O43. The lowest BCUT2D eigenvalue weighted by Crippen LogP contribution is -2.71. The highest BCUT2D eigenvalue weighted by atomic mass is 16.8. The van der Waals surface area contributed by atoms with Crippen molar-refractivity contribution >= 4 is 29.5 Å². The van der Waals surface area contributed by atoms with Crippen molar-refractivity contribution in [3.8, 4) is 0 Å². The predicted octanol–water partition coefficient (Wildman–Crippen LogP) is -6.49. The molecule has 814 valence electrons. The lowest BCUT2D eigenvalue weighted by atomic mass is 9.93. The summed E-state index contributed by atoms with van der Waals surface area (Å²) in [6.07, 6.45) is -41.4. The summed E-state index contributed by atoms with van der Waals surface area (Å²) in [4.78, 5) is 64.9. The van der Waals surface area contributed by atoms with Crippen LogP contribution in [0.1, 0.15) is 221 Å². The first-order chi connectivity index (χ1) is 67.0. The molecule has 8 heterocycles. The Hall–Kier alpha value is -4.43. The van der Waals surface area contributed by atoms with Gasteiger partial charge in [0.15, 0.2) is 50.3 Å². The first-order valence-electron chi connectivity index (χ1n) is 50.0. The summed E-state index contributed by atoms with van der Waals surface area (Å²) in [5, 5.41) is 264. The fraction of sp³-hybridized carbons (Fsp3) is 0.924. The van der Waals surface area contributed by atoms with Crippen LogP contribution in [0.3, 0.4) is 0 Å². The summed E-state index contributed by atoms with van der Waals surface area (Å²) >= 11 is 0. The highest BCUT2D eigenvalue weighted by Crippen LogP contribution is 2.40. The Bertz CT molecular complexity index is 3530. The van der Waals surface area contributed by atoms with E-state index in [2.05, 4.69) is 40.4 Å². The number of allylic oxidation sites excluding steroid dienone is 1. The van der Waals surface area contributed by atoms with Crippen LogP contribution >= 0.6 is 0 Å². The molecule has 8 fully saturated rings. The van der Waals surface area contributed by atoms with Crippen molar-refractivity contribution in [1.82, 2.24) is 26.6 Å². The molecule has 0 aromatic rings. The van der Waals surface area contributed by atoms with Gasteiger partial charge >= 0.3 is 0 Å². The molecule has 0 aliphatic carbocycles. The highest BCUT2D eigenvalue weighted by molar-refractivity contribution is 5.76. The van der Waals surface area contributed by atoms with Crippen molar-refractivity contribution in [3.05, 3.63) is 12.2 Å². The van der Waals surface area contributed by atoms with Gasteiger partial charge in [-0.1, -0.05) is 180 Å². The lowest BCUT2D eigenvalue weighted by molar-refractivity contribution is -0.392. The van der Waals surface area contributed by atoms with Gasteiger partial charge in [0, 0.05) is 34.1 Å². The zero-order valence-electron chi connectivity index (χ0n) is 81.0. The second-order valence-corrected chi connectivity index (χ2v) is 37.8. The third kappa shape index (κ3) is 34.8. The number of unbranched alkanes of at least 4 members (excludes halogenated alkanes) is 25. The molecule has 42 atom stereocenters. The van der Waals surface area contributed by atoms with Crippen LogP contribution in [0.5, 0.6) is 0 Å². The number of aliphatic hydroxyl groups is 22. The number of nitrogens with one attached hydrogen (secondary N) is 5. The highest BCUT2D eigenvalue weighted by Gasteiger charge is 2.61. The molecule has 48 heteroatoms. The van der Waals surface area contributed by atoms with Gasteiger partial charge in [-0.15, -0.1) is 0 Å². The topological polar surface area (TPSA) is 738 Å². The van der Waals surface area contributed by atoms with Gasteiger partial charge in [0.1, 0.15) is 195 Å². The summed E-state index contributed by atoms with van der Waals surface area (Å²) in [7, 11) is 0. The van der Waals surface area contributed by atoms with E-state index in [4.69, 9.17) is 75.8 Å². The largest absolute Gasteiger partial charge is 0.394 e. The van der Waals surface area contributed by atoms with Crippen LogP contribution in [-0.4, -0.2) is 459 Å². The first-order valence-corrected chi connectivity index (χ1v) is 50.0. The lowest BCUT2D eigenvalue weighted by Gasteiger charge is -2.51. The average molecular weight is 2030 g/mol. The van der Waals surface area contributed by atoms with E-state index >= 15 is 0 Å². The minimum atomic E-state index is -2.47. The summed E-state index contributed by atoms with van der Waals surface area (Å²) in [5.41, 5.74) is 0. The molecule has 0 radical (unpaired) electrons. The van der Waals surface area contributed by atoms with Crippen LogP contribution in [0.25, 0.3) is 0 Å². The second-order valence-electron chi connectivity index (χ2n) is 37.8. The predicted molar refractivity (Wildman–Crippen MR) is 482 cm³/mol. The van der Waals surface area contributed by atoms with Gasteiger partial charge in [0.2, 0.25) is 29.5 Å². The molecule has 0 aromatic carbocycles. The summed E-state index contributed by atoms with van der Waals surface area (Å²) in [5.74, 6) is -3.80. The Morgan fingerprint density at radius 3 is 1.00 bits per heavy atom. The van der Waals surface area contributed by atoms with Crippen LogP contribution in [0, 0.1) is 0 Å². The van der Waals surface area contributed by atoms with Crippen LogP contribution in [-0.2, 0) is 99.8 Å². The van der Waals surface area contributed by atoms with E-state index in [0.717, 1.165) is 91.9 Å². The quantitative estimate of drug-likeness (QED) is 0.0199. The fourth-order valence-electron chi connectivity index (χ4n) is 18.8. The van der Waals surface area contributed by atoms with Crippen LogP contribution in [0.15, 0.2) is 12.2 Å². The van der Waals surface area contributed by atoms with Gasteiger partial charge in [-0.25, -0.2) is 0 Å². The SMILES string of the molecule is CCCCCCCCCCCCC/C=C/[C@@H](O)[C@H](CO[C@@H]1OC(CO)[C@@H](O[C@@H]2OC(CO[C@@H]3OC(CO)[C@@H](O[C@@H]4OC(CO)[C@H](O[C@@H]5OC(CO)[C@H](O)[C@H](O)C5NC(C)=O)[C@H](O)C4O)[C@H](O)C3NC(C)=O)[C@H](O)[C@H](O[C@H]3OC(CO)[C@H](O)[C@H](O[C@@H]4OC(CO)[C@H](O)[C@H](O[C@H]5OC(CO)[C@H](O)[C@H](O)C5NC(C)=O)C4NC(C)=O)C3O)C2O)[C@H](O)C1O)NC(=O)CCCCCCCCCCCCCCCCC. The number of aliphatic hydroxyl groups excluding tert-OH is 22. The molecule has 0 bridgehead atoms. The number of ether oxygens (including phenoxy) is 16. The molecule has 16 unspecified atom stereocenters. The smallest absolute Gasteiger partial charge is 0.220 e. The zero-order chi connectivity index (χ0) is 103. The third-order valence-corrected chi connectivity index (χ3v) is 26.7. The van der Waals surface area contributed by atoms with Gasteiger partial charge in [0.05, 0.1) is 71.6 Å². The monoisotopic (exact) mass is 2030 g/mol. The Balaban J connectivity index is 1.04. The molecule has 8 saturated heterocycles. The van der Waals surface area contributed by atoms with Crippen molar-refractivity contribution in [1.29, 1.82) is 0 Å². The van der Waals surface area contributed by atoms with E-state index in [1.807, 2.05) is 0 Å². The summed E-state index contributed by atoms with van der Waals surface area (Å²) < 4.78 is 96.6. The number of hydrogen-bond acceptors (Lipinski definition) is 43. The van der Waals surface area contributed by atoms with E-state index in [1.54, 1.807) is 6.08 Å². The molecule has 140 heavy (non-hydrogen) atoms. The molecular weight excluding hydrogens is 1860 g/mol. The Morgan fingerprint density at radius 1 is 0.286 bits per heavy atom. The maximum atomic E-state index is 13.8. The van der Waals surface area contributed by atoms with Gasteiger partial charge in [-0.3, -0.25) is 24.0 Å². The average Bonchev–Trinajstić information content (AvgIpc) is 0.765. The Morgan fingerprint density at radius 2 is 0.579 bits per heavy atom. The minimum absolute atomic E-state index is 0.100. The molecule has 8 rings (SSSR count). The van der Waals surface area contributed by atoms with Crippen molar-refractivity contribution in [2.75, 3.05) is 59.5 Å². The maximum Gasteiger partial charge on any atom is 0.220 e. The van der Waals surface area contributed by atoms with Gasteiger partial charge in [-0.05, 0) is 19.3 Å². The number of rotatable bonds is 60. The maximum absolute atomic E-state index is 13.8. The van der Waals surface area contributed by atoms with Crippen LogP contribution in [0.4, 0.5) is 0 Å². The van der Waals surface area contributed by atoms with E-state index in [9.17, 15) is 136 Å². The van der Waals surface area contributed by atoms with E-state index < -0.39 is 347 Å². The number of hydrogen-bond donors (Lipinski definition) is 27. The minimum Gasteiger partial charge on any atom is -0.394 e. The third-order valence-electron chi connectivity index (χ3n) is 26.7. The number of carbonyl (C=O) groups excluding carboxylic acids is 5. The number of amides is 5. The number of carbonyl (C=O) groups is 5. The van der Waals surface area contributed by atoms with Crippen molar-refractivity contribution in [3.63, 3.8) is 0 Å². The normalized spacial score (nSPS) is 38.7. The molecule has 48 nitrogen and oxygen atoms in total. The Labute approximate surface area is 815 Å². The van der Waals surface area contributed by atoms with E-state index in [-0.39, 0.29) is 6.42 Å². The molecule has 0 saturated carbocycles. The summed E-state index contributed by atoms with van der Waals surface area (Å²) in [6.45, 7) is -0.557. The van der Waals surface area contributed by atoms with Gasteiger partial charge < -0.3 is 215 Å². The standard InChI is InChI=1S/C92H163N5O43/c1-7-9-11-13-15-17-19-21-22-24-26-28-30-32-34-36-60(110)97-50(51(109)35-33-31-29-27-25-23-20-18-16-14-12-10-8-2)44-125-89-75(121)73(119)81(57(42-103)132-89)137-92-78(124)84(140-91-77(123)83(68(114)55(40-101)130-91)139-88-64(96-49(6)108)82(67(113)54(39-100)129-88)138-87-62(94-47(4)106)71(117)66(112)53(38-99)128-87)69(115)59(134-92)45-126-85-63(95-48(5)107)72(118)79(56(41-102)131-85)136-90-76(122)74(120)80(58(43-104)133-90)135-86-61(93-46(3)105)70(116)65(111)52(37-98)127-86/h33,35,50-59,61-92,98-104,109,111-124H,7-32,34,36-45H2,1-6H3,(H,93,105)(H,94,106)(H,95,107)(H,96,108)(H,97,110)/b35-33+/t50-,51+,52?,53?,54?,55?,56?,57?,58?,59?,61?,62?,63?,64?,65-,66-,67-,68-,69-,70+,71+,72+,73+,74+,75?,76?,77?,78?,79+,80-,81+,82+,83-,84-,85+,86-,87+,88-,89+,90-,91+,92-/m0/s1.